The minimum absolute atomic E-state index is 0.324. The summed E-state index contributed by atoms with van der Waals surface area (Å²) in [6.45, 7) is 9.17. The Balaban J connectivity index is 4.69. The number of aliphatic imine (C=N–C) groups is 1. The SMILES string of the molecule is C=C/C=C(\C=C/C)/C=N\C=C(/C=C)CC#N. The second-order valence-electron chi connectivity index (χ2n) is 2.92. The molecule has 0 N–H and O–H groups in total. The summed E-state index contributed by atoms with van der Waals surface area (Å²) in [5, 5.41) is 8.52. The van der Waals surface area contributed by atoms with Crippen molar-refractivity contribution in [2.24, 2.45) is 4.99 Å². The summed E-state index contributed by atoms with van der Waals surface area (Å²) < 4.78 is 0. The Morgan fingerprint density at radius 2 is 2.19 bits per heavy atom. The van der Waals surface area contributed by atoms with E-state index in [1.807, 2.05) is 31.2 Å². The first-order chi connectivity index (χ1) is 7.78. The maximum absolute atomic E-state index is 8.52. The third-order valence-corrected chi connectivity index (χ3v) is 1.68. The van der Waals surface area contributed by atoms with Crippen molar-refractivity contribution in [2.75, 3.05) is 0 Å². The van der Waals surface area contributed by atoms with E-state index in [9.17, 15) is 0 Å². The van der Waals surface area contributed by atoms with Crippen LogP contribution in [0, 0.1) is 11.3 Å². The fraction of sp³-hybridized carbons (Fsp3) is 0.143. The number of allylic oxidation sites excluding steroid dienone is 7. The van der Waals surface area contributed by atoms with E-state index in [0.717, 1.165) is 11.1 Å². The third kappa shape index (κ3) is 6.33. The summed E-state index contributed by atoms with van der Waals surface area (Å²) in [6, 6.07) is 2.05. The molecule has 0 fully saturated rings. The second-order valence-corrected chi connectivity index (χ2v) is 2.92. The lowest BCUT2D eigenvalue weighted by Gasteiger charge is -1.91. The van der Waals surface area contributed by atoms with Gasteiger partial charge in [-0.3, -0.25) is 4.99 Å². The molecule has 0 saturated heterocycles. The van der Waals surface area contributed by atoms with E-state index in [2.05, 4.69) is 18.2 Å². The van der Waals surface area contributed by atoms with Crippen LogP contribution in [-0.4, -0.2) is 6.21 Å². The van der Waals surface area contributed by atoms with Gasteiger partial charge in [-0.15, -0.1) is 0 Å². The first-order valence-corrected chi connectivity index (χ1v) is 4.95. The number of nitriles is 1. The Labute approximate surface area is 97.3 Å². The molecule has 0 radical (unpaired) electrons. The third-order valence-electron chi connectivity index (χ3n) is 1.68. The van der Waals surface area contributed by atoms with Crippen LogP contribution < -0.4 is 0 Å². The van der Waals surface area contributed by atoms with Crippen molar-refractivity contribution < 1.29 is 0 Å². The van der Waals surface area contributed by atoms with Crippen LogP contribution in [0.2, 0.25) is 0 Å². The number of hydrogen-bond acceptors (Lipinski definition) is 2. The highest BCUT2D eigenvalue weighted by atomic mass is 14.7. The molecule has 0 aliphatic carbocycles. The molecular formula is C14H16N2. The molecule has 0 aliphatic rings. The molecule has 0 unspecified atom stereocenters. The lowest BCUT2D eigenvalue weighted by Crippen LogP contribution is -1.79. The number of rotatable bonds is 6. The van der Waals surface area contributed by atoms with Crippen molar-refractivity contribution in [1.29, 1.82) is 5.26 Å². The molecule has 16 heavy (non-hydrogen) atoms. The van der Waals surface area contributed by atoms with E-state index >= 15 is 0 Å². The highest BCUT2D eigenvalue weighted by Crippen LogP contribution is 2.01. The summed E-state index contributed by atoms with van der Waals surface area (Å²) in [5.74, 6) is 0. The first-order valence-electron chi connectivity index (χ1n) is 4.95. The molecule has 2 nitrogen and oxygen atoms in total. The van der Waals surface area contributed by atoms with Gasteiger partial charge in [-0.2, -0.15) is 5.26 Å². The molecule has 0 spiro atoms. The average molecular weight is 212 g/mol. The molecule has 0 aromatic heterocycles. The van der Waals surface area contributed by atoms with E-state index in [1.54, 1.807) is 24.6 Å². The van der Waals surface area contributed by atoms with E-state index in [0.29, 0.717) is 6.42 Å². The minimum Gasteiger partial charge on any atom is -0.264 e. The van der Waals surface area contributed by atoms with Crippen LogP contribution in [0.3, 0.4) is 0 Å². The summed E-state index contributed by atoms with van der Waals surface area (Å²) in [4.78, 5) is 4.12. The van der Waals surface area contributed by atoms with Gasteiger partial charge in [0.15, 0.2) is 0 Å². The van der Waals surface area contributed by atoms with Gasteiger partial charge in [-0.05, 0) is 18.1 Å². The molecule has 0 rings (SSSR count). The zero-order valence-corrected chi connectivity index (χ0v) is 9.56. The van der Waals surface area contributed by atoms with Crippen molar-refractivity contribution in [3.8, 4) is 6.07 Å². The van der Waals surface area contributed by atoms with Gasteiger partial charge in [0.1, 0.15) is 0 Å². The molecule has 82 valence electrons. The van der Waals surface area contributed by atoms with Crippen molar-refractivity contribution in [1.82, 2.24) is 0 Å². The number of hydrogen-bond donors (Lipinski definition) is 0. The Morgan fingerprint density at radius 3 is 2.69 bits per heavy atom. The van der Waals surface area contributed by atoms with Crippen molar-refractivity contribution >= 4 is 6.21 Å². The molecule has 0 saturated carbocycles. The highest BCUT2D eigenvalue weighted by Gasteiger charge is 1.87. The van der Waals surface area contributed by atoms with Gasteiger partial charge in [0, 0.05) is 12.4 Å². The lowest BCUT2D eigenvalue weighted by molar-refractivity contribution is 1.26. The Kier molecular flexibility index (Phi) is 8.16. The Bertz CT molecular complexity index is 387. The largest absolute Gasteiger partial charge is 0.264 e. The highest BCUT2D eigenvalue weighted by molar-refractivity contribution is 5.83. The Hall–Kier alpha value is -2.14. The quantitative estimate of drug-likeness (QED) is 0.488. The summed E-state index contributed by atoms with van der Waals surface area (Å²) in [5.41, 5.74) is 1.76. The molecule has 0 aromatic carbocycles. The Morgan fingerprint density at radius 1 is 1.44 bits per heavy atom. The van der Waals surface area contributed by atoms with Gasteiger partial charge in [0.05, 0.1) is 12.5 Å². The van der Waals surface area contributed by atoms with Crippen LogP contribution in [0.15, 0.2) is 65.9 Å². The topological polar surface area (TPSA) is 36.1 Å². The van der Waals surface area contributed by atoms with Crippen LogP contribution in [-0.2, 0) is 0 Å². The molecule has 0 heterocycles. The number of nitrogens with zero attached hydrogens (tertiary/aromatic N) is 2. The molecule has 0 amide bonds. The summed E-state index contributed by atoms with van der Waals surface area (Å²) in [6.07, 6.45) is 12.7. The van der Waals surface area contributed by atoms with E-state index in [1.165, 1.54) is 0 Å². The van der Waals surface area contributed by atoms with Gasteiger partial charge in [0.2, 0.25) is 0 Å². The summed E-state index contributed by atoms with van der Waals surface area (Å²) in [7, 11) is 0. The van der Waals surface area contributed by atoms with Crippen LogP contribution in [0.1, 0.15) is 13.3 Å². The predicted molar refractivity (Wildman–Crippen MR) is 70.1 cm³/mol. The average Bonchev–Trinajstić information content (AvgIpc) is 2.28. The predicted octanol–water partition coefficient (Wildman–Crippen LogP) is 3.73. The molecule has 2 heteroatoms. The van der Waals surface area contributed by atoms with Gasteiger partial charge in [-0.25, -0.2) is 0 Å². The maximum atomic E-state index is 8.52. The molecule has 0 aliphatic heterocycles. The molecule has 0 aromatic rings. The van der Waals surface area contributed by atoms with E-state index < -0.39 is 0 Å². The van der Waals surface area contributed by atoms with Crippen LogP contribution in [0.5, 0.6) is 0 Å². The second kappa shape index (κ2) is 9.42. The van der Waals surface area contributed by atoms with Crippen molar-refractivity contribution in [2.45, 2.75) is 13.3 Å². The lowest BCUT2D eigenvalue weighted by atomic mass is 10.2. The first kappa shape index (κ1) is 13.9. The van der Waals surface area contributed by atoms with Crippen LogP contribution in [0.25, 0.3) is 0 Å². The summed E-state index contributed by atoms with van der Waals surface area (Å²) >= 11 is 0. The van der Waals surface area contributed by atoms with Gasteiger partial charge >= 0.3 is 0 Å². The standard InChI is InChI=1S/C14H16N2/c1-4-7-14(8-5-2)12-16-11-13(6-3)9-10-15/h4-8,11-12H,1,3,9H2,2H3/b8-5-,13-11+,14-7+,16-12-. The fourth-order valence-corrected chi connectivity index (χ4v) is 0.951. The monoisotopic (exact) mass is 212 g/mol. The van der Waals surface area contributed by atoms with Gasteiger partial charge in [-0.1, -0.05) is 43.5 Å². The molecule has 0 atom stereocenters. The van der Waals surface area contributed by atoms with E-state index in [4.69, 9.17) is 5.26 Å². The van der Waals surface area contributed by atoms with Gasteiger partial charge in [0.25, 0.3) is 0 Å². The molecule has 0 bridgehead atoms. The van der Waals surface area contributed by atoms with Crippen molar-refractivity contribution in [3.63, 3.8) is 0 Å². The van der Waals surface area contributed by atoms with E-state index in [-0.39, 0.29) is 0 Å². The van der Waals surface area contributed by atoms with Crippen LogP contribution >= 0.6 is 0 Å². The smallest absolute Gasteiger partial charge is 0.0670 e. The van der Waals surface area contributed by atoms with Crippen molar-refractivity contribution in [3.05, 3.63) is 60.9 Å². The molecular weight excluding hydrogens is 196 g/mol. The van der Waals surface area contributed by atoms with Gasteiger partial charge < -0.3 is 0 Å². The fourth-order valence-electron chi connectivity index (χ4n) is 0.951. The maximum Gasteiger partial charge on any atom is 0.0670 e. The minimum atomic E-state index is 0.324. The zero-order chi connectivity index (χ0) is 12.2. The van der Waals surface area contributed by atoms with Crippen LogP contribution in [0.4, 0.5) is 0 Å². The zero-order valence-electron chi connectivity index (χ0n) is 9.56. The normalized spacial score (nSPS) is 13.0.